The number of hydrogen-bond acceptors (Lipinski definition) is 7. The van der Waals surface area contributed by atoms with Crippen LogP contribution in [0.2, 0.25) is 0 Å². The van der Waals surface area contributed by atoms with E-state index in [1.165, 1.54) is 4.88 Å². The first kappa shape index (κ1) is 24.1. The molecule has 4 heterocycles. The predicted molar refractivity (Wildman–Crippen MR) is 140 cm³/mol. The molecule has 8 heteroatoms. The van der Waals surface area contributed by atoms with Crippen LogP contribution in [0, 0.1) is 0 Å². The summed E-state index contributed by atoms with van der Waals surface area (Å²) in [5, 5.41) is 4.85. The highest BCUT2D eigenvalue weighted by Crippen LogP contribution is 2.45. The molecule has 34 heavy (non-hydrogen) atoms. The van der Waals surface area contributed by atoms with E-state index < -0.39 is 7.12 Å². The van der Waals surface area contributed by atoms with Gasteiger partial charge in [0, 0.05) is 29.7 Å². The third kappa shape index (κ3) is 4.17. The fraction of sp³-hybridized carbons (Fsp3) is 0.654. The lowest BCUT2D eigenvalue weighted by Gasteiger charge is -2.48. The summed E-state index contributed by atoms with van der Waals surface area (Å²) < 4.78 is 18.7. The van der Waals surface area contributed by atoms with Crippen molar-refractivity contribution in [2.75, 3.05) is 11.9 Å². The van der Waals surface area contributed by atoms with Gasteiger partial charge in [0.1, 0.15) is 12.4 Å². The minimum absolute atomic E-state index is 0.0944. The van der Waals surface area contributed by atoms with Gasteiger partial charge in [0.25, 0.3) is 0 Å². The third-order valence-corrected chi connectivity index (χ3v) is 9.07. The van der Waals surface area contributed by atoms with Crippen LogP contribution in [-0.2, 0) is 15.9 Å². The van der Waals surface area contributed by atoms with Crippen molar-refractivity contribution in [2.45, 2.75) is 103 Å². The highest BCUT2D eigenvalue weighted by molar-refractivity contribution is 7.19. The molecule has 0 unspecified atom stereocenters. The molecular formula is C26H38BN3O3S. The van der Waals surface area contributed by atoms with Crippen LogP contribution in [0.15, 0.2) is 18.2 Å². The highest BCUT2D eigenvalue weighted by Gasteiger charge is 2.52. The van der Waals surface area contributed by atoms with Crippen molar-refractivity contribution >= 4 is 29.0 Å². The Labute approximate surface area is 208 Å². The zero-order valence-electron chi connectivity index (χ0n) is 22.0. The number of benzene rings is 1. The van der Waals surface area contributed by atoms with E-state index in [4.69, 9.17) is 19.0 Å². The van der Waals surface area contributed by atoms with Crippen LogP contribution in [0.3, 0.4) is 0 Å². The van der Waals surface area contributed by atoms with Crippen LogP contribution in [-0.4, -0.2) is 47.5 Å². The van der Waals surface area contributed by atoms with Crippen molar-refractivity contribution in [3.63, 3.8) is 0 Å². The van der Waals surface area contributed by atoms with Gasteiger partial charge in [-0.05, 0) is 79.8 Å². The quantitative estimate of drug-likeness (QED) is 0.637. The maximum absolute atomic E-state index is 6.25. The van der Waals surface area contributed by atoms with Gasteiger partial charge >= 0.3 is 7.12 Å². The lowest BCUT2D eigenvalue weighted by Crippen LogP contribution is -2.61. The molecule has 0 saturated carbocycles. The van der Waals surface area contributed by atoms with Gasteiger partial charge in [-0.3, -0.25) is 0 Å². The second kappa shape index (κ2) is 7.69. The molecule has 184 valence electrons. The summed E-state index contributed by atoms with van der Waals surface area (Å²) in [4.78, 5) is 8.59. The number of nitrogens with one attached hydrogen (secondary N) is 1. The van der Waals surface area contributed by atoms with E-state index in [1.54, 1.807) is 11.3 Å². The molecule has 2 aromatic rings. The molecule has 0 aliphatic carbocycles. The number of ether oxygens (including phenoxy) is 1. The molecule has 0 spiro atoms. The van der Waals surface area contributed by atoms with Crippen molar-refractivity contribution < 1.29 is 14.0 Å². The van der Waals surface area contributed by atoms with Crippen molar-refractivity contribution in [3.05, 3.63) is 23.9 Å². The van der Waals surface area contributed by atoms with Gasteiger partial charge in [-0.25, -0.2) is 4.98 Å². The number of anilines is 1. The van der Waals surface area contributed by atoms with Crippen LogP contribution in [0.4, 0.5) is 5.13 Å². The first-order valence-electron chi connectivity index (χ1n) is 12.3. The van der Waals surface area contributed by atoms with Gasteiger partial charge in [-0.15, -0.1) is 0 Å². The van der Waals surface area contributed by atoms with Gasteiger partial charge in [0.05, 0.1) is 21.8 Å². The summed E-state index contributed by atoms with van der Waals surface area (Å²) in [5.74, 6) is 0.877. The maximum Gasteiger partial charge on any atom is 0.494 e. The maximum atomic E-state index is 6.25. The molecule has 1 N–H and O–H groups in total. The van der Waals surface area contributed by atoms with Gasteiger partial charge in [-0.2, -0.15) is 0 Å². The second-order valence-electron chi connectivity index (χ2n) is 12.5. The van der Waals surface area contributed by atoms with Crippen LogP contribution >= 0.6 is 11.3 Å². The van der Waals surface area contributed by atoms with Crippen molar-refractivity contribution in [3.8, 4) is 16.2 Å². The molecule has 0 radical (unpaired) electrons. The Morgan fingerprint density at radius 1 is 1.00 bits per heavy atom. The highest BCUT2D eigenvalue weighted by atomic mass is 32.1. The smallest absolute Gasteiger partial charge is 0.487 e. The molecule has 1 aromatic heterocycles. The van der Waals surface area contributed by atoms with Crippen molar-refractivity contribution in [1.82, 2.24) is 10.3 Å². The monoisotopic (exact) mass is 483 g/mol. The average molecular weight is 483 g/mol. The van der Waals surface area contributed by atoms with Gasteiger partial charge in [0.15, 0.2) is 5.13 Å². The summed E-state index contributed by atoms with van der Waals surface area (Å²) in [6.45, 7) is 18.0. The zero-order chi connectivity index (χ0) is 24.7. The van der Waals surface area contributed by atoms with Crippen molar-refractivity contribution in [1.29, 1.82) is 0 Å². The number of hydrogen-bond donors (Lipinski definition) is 1. The molecule has 0 amide bonds. The average Bonchev–Trinajstić information content (AvgIpc) is 3.22. The van der Waals surface area contributed by atoms with Gasteiger partial charge in [0.2, 0.25) is 0 Å². The Balaban J connectivity index is 1.40. The molecule has 6 nitrogen and oxygen atoms in total. The summed E-state index contributed by atoms with van der Waals surface area (Å²) >= 11 is 1.77. The van der Waals surface area contributed by atoms with Gasteiger partial charge in [-0.1, -0.05) is 23.5 Å². The Bertz CT molecular complexity index is 1080. The zero-order valence-corrected chi connectivity index (χ0v) is 22.9. The molecule has 3 aliphatic heterocycles. The molecule has 3 aliphatic rings. The number of piperidine rings is 1. The van der Waals surface area contributed by atoms with Gasteiger partial charge < -0.3 is 24.3 Å². The number of fused-ring (bicyclic) bond motifs is 3. The Morgan fingerprint density at radius 3 is 2.24 bits per heavy atom. The second-order valence-corrected chi connectivity index (χ2v) is 13.4. The Hall–Kier alpha value is -1.61. The first-order valence-corrected chi connectivity index (χ1v) is 13.1. The number of rotatable bonds is 3. The SMILES string of the molecule is CN(c1nc2c(s1)-c1ccc(B3OC(C)(C)C(C)(C)O3)cc1OC2)C1CC(C)(C)NC(C)(C)C1. The molecule has 1 aromatic carbocycles. The largest absolute Gasteiger partial charge is 0.494 e. The molecule has 0 atom stereocenters. The first-order chi connectivity index (χ1) is 15.7. The normalized spacial score (nSPS) is 24.3. The van der Waals surface area contributed by atoms with Crippen LogP contribution < -0.4 is 20.4 Å². The molecule has 0 bridgehead atoms. The lowest BCUT2D eigenvalue weighted by atomic mass is 9.78. The number of nitrogens with zero attached hydrogens (tertiary/aromatic N) is 2. The third-order valence-electron chi connectivity index (χ3n) is 7.84. The Morgan fingerprint density at radius 2 is 1.62 bits per heavy atom. The molecule has 2 saturated heterocycles. The lowest BCUT2D eigenvalue weighted by molar-refractivity contribution is 0.00578. The minimum atomic E-state index is -0.393. The van der Waals surface area contributed by atoms with E-state index in [0.29, 0.717) is 12.6 Å². The van der Waals surface area contributed by atoms with Crippen LogP contribution in [0.1, 0.15) is 73.9 Å². The number of thiazole rings is 1. The summed E-state index contributed by atoms with van der Waals surface area (Å²) in [6, 6.07) is 6.73. The van der Waals surface area contributed by atoms with E-state index in [1.807, 2.05) is 0 Å². The topological polar surface area (TPSA) is 55.9 Å². The minimum Gasteiger partial charge on any atom is -0.487 e. The summed E-state index contributed by atoms with van der Waals surface area (Å²) in [7, 11) is 1.80. The molecule has 2 fully saturated rings. The summed E-state index contributed by atoms with van der Waals surface area (Å²) in [6.07, 6.45) is 2.17. The standard InChI is InChI=1S/C26H38BN3O3S/c1-23(2)13-17(14-24(3,4)29-23)30(9)22-28-19-15-31-20-12-16(10-11-18(20)21(19)34-22)27-32-25(5,6)26(7,8)33-27/h10-12,17,29H,13-15H2,1-9H3. The number of aromatic nitrogens is 1. The fourth-order valence-electron chi connectivity index (χ4n) is 5.61. The Kier molecular flexibility index (Phi) is 5.46. The van der Waals surface area contributed by atoms with E-state index >= 15 is 0 Å². The molecular weight excluding hydrogens is 445 g/mol. The van der Waals surface area contributed by atoms with E-state index in [0.717, 1.165) is 40.4 Å². The van der Waals surface area contributed by atoms with E-state index in [9.17, 15) is 0 Å². The van der Waals surface area contributed by atoms with Crippen molar-refractivity contribution in [2.24, 2.45) is 0 Å². The van der Waals surface area contributed by atoms with Crippen LogP contribution in [0.5, 0.6) is 5.75 Å². The van der Waals surface area contributed by atoms with E-state index in [-0.39, 0.29) is 22.3 Å². The molecule has 5 rings (SSSR count). The van der Waals surface area contributed by atoms with E-state index in [2.05, 4.69) is 90.9 Å². The predicted octanol–water partition coefficient (Wildman–Crippen LogP) is 4.75. The fourth-order valence-corrected chi connectivity index (χ4v) is 6.75. The van der Waals surface area contributed by atoms with Crippen LogP contribution in [0.25, 0.3) is 10.4 Å². The summed E-state index contributed by atoms with van der Waals surface area (Å²) in [5.41, 5.74) is 2.57.